The van der Waals surface area contributed by atoms with Crippen molar-refractivity contribution >= 4 is 50.6 Å². The lowest BCUT2D eigenvalue weighted by Crippen LogP contribution is -2.13. The lowest BCUT2D eigenvalue weighted by atomic mass is 10.1. The van der Waals surface area contributed by atoms with Crippen molar-refractivity contribution in [2.75, 3.05) is 5.32 Å². The number of pyridine rings is 1. The van der Waals surface area contributed by atoms with Crippen LogP contribution in [0.25, 0.3) is 20.9 Å². The summed E-state index contributed by atoms with van der Waals surface area (Å²) in [6.07, 6.45) is 1.72. The highest BCUT2D eigenvalue weighted by Gasteiger charge is 2.18. The Bertz CT molecular complexity index is 1240. The number of rotatable bonds is 4. The number of nitro groups is 1. The van der Waals surface area contributed by atoms with Gasteiger partial charge in [-0.3, -0.25) is 14.9 Å². The van der Waals surface area contributed by atoms with Crippen molar-refractivity contribution in [2.24, 2.45) is 0 Å². The fourth-order valence-electron chi connectivity index (χ4n) is 2.88. The zero-order valence-electron chi connectivity index (χ0n) is 15.0. The number of nitro benzene ring substituents is 1. The molecule has 4 aromatic rings. The van der Waals surface area contributed by atoms with Gasteiger partial charge in [0.05, 0.1) is 4.92 Å². The van der Waals surface area contributed by atoms with Crippen molar-refractivity contribution in [1.82, 2.24) is 9.97 Å². The molecule has 7 nitrogen and oxygen atoms in total. The maximum absolute atomic E-state index is 12.6. The van der Waals surface area contributed by atoms with Gasteiger partial charge >= 0.3 is 0 Å². The number of nitrogens with one attached hydrogen (secondary N) is 1. The maximum atomic E-state index is 12.6. The largest absolute Gasteiger partial charge is 0.322 e. The van der Waals surface area contributed by atoms with Gasteiger partial charge in [-0.2, -0.15) is 0 Å². The van der Waals surface area contributed by atoms with E-state index in [1.165, 1.54) is 23.5 Å². The first kappa shape index (κ1) is 19.0. The van der Waals surface area contributed by atoms with Crippen LogP contribution in [0.1, 0.15) is 15.9 Å². The summed E-state index contributed by atoms with van der Waals surface area (Å²) < 4.78 is 0. The van der Waals surface area contributed by atoms with Gasteiger partial charge in [0.25, 0.3) is 11.6 Å². The molecule has 4 rings (SSSR count). The molecule has 0 spiro atoms. The van der Waals surface area contributed by atoms with Crippen molar-refractivity contribution in [3.63, 3.8) is 0 Å². The van der Waals surface area contributed by atoms with Crippen LogP contribution < -0.4 is 5.32 Å². The lowest BCUT2D eigenvalue weighted by Gasteiger charge is -2.11. The molecule has 1 amide bonds. The summed E-state index contributed by atoms with van der Waals surface area (Å²) in [5.41, 5.74) is 2.96. The van der Waals surface area contributed by atoms with Gasteiger partial charge in [0, 0.05) is 29.1 Å². The smallest absolute Gasteiger partial charge is 0.288 e. The van der Waals surface area contributed by atoms with Gasteiger partial charge in [-0.15, -0.1) is 0 Å². The Hall–Kier alpha value is -3.36. The molecule has 0 saturated carbocycles. The first-order valence-electron chi connectivity index (χ1n) is 8.51. The van der Waals surface area contributed by atoms with E-state index in [2.05, 4.69) is 15.3 Å². The Balaban J connectivity index is 1.66. The monoisotopic (exact) mass is 424 g/mol. The predicted molar refractivity (Wildman–Crippen MR) is 114 cm³/mol. The highest BCUT2D eigenvalue weighted by molar-refractivity contribution is 7.21. The number of halogens is 1. The summed E-state index contributed by atoms with van der Waals surface area (Å²) in [5, 5.41) is 14.7. The molecule has 29 heavy (non-hydrogen) atoms. The zero-order chi connectivity index (χ0) is 20.5. The van der Waals surface area contributed by atoms with E-state index in [1.807, 2.05) is 31.2 Å². The minimum atomic E-state index is -0.619. The van der Waals surface area contributed by atoms with Crippen LogP contribution in [0.15, 0.2) is 54.7 Å². The maximum Gasteiger partial charge on any atom is 0.288 e. The number of hydrogen-bond donors (Lipinski definition) is 1. The minimum Gasteiger partial charge on any atom is -0.322 e. The third kappa shape index (κ3) is 3.67. The second kappa shape index (κ2) is 7.57. The number of hydrogen-bond acceptors (Lipinski definition) is 6. The van der Waals surface area contributed by atoms with Crippen LogP contribution in [-0.4, -0.2) is 20.8 Å². The summed E-state index contributed by atoms with van der Waals surface area (Å²) in [6, 6.07) is 13.2. The van der Waals surface area contributed by atoms with E-state index in [0.717, 1.165) is 32.5 Å². The molecular weight excluding hydrogens is 412 g/mol. The van der Waals surface area contributed by atoms with Crippen LogP contribution >= 0.6 is 22.9 Å². The molecule has 0 aliphatic heterocycles. The first-order valence-corrected chi connectivity index (χ1v) is 9.70. The summed E-state index contributed by atoms with van der Waals surface area (Å²) in [7, 11) is 0. The van der Waals surface area contributed by atoms with E-state index in [0.29, 0.717) is 5.69 Å². The van der Waals surface area contributed by atoms with E-state index in [1.54, 1.807) is 12.3 Å². The first-order chi connectivity index (χ1) is 13.9. The van der Waals surface area contributed by atoms with Crippen molar-refractivity contribution in [3.8, 4) is 10.6 Å². The van der Waals surface area contributed by atoms with Gasteiger partial charge in [0.15, 0.2) is 0 Å². The van der Waals surface area contributed by atoms with Crippen molar-refractivity contribution < 1.29 is 9.72 Å². The van der Waals surface area contributed by atoms with E-state index in [4.69, 9.17) is 11.6 Å². The molecule has 144 valence electrons. The normalized spacial score (nSPS) is 10.8. The molecule has 1 N–H and O–H groups in total. The summed E-state index contributed by atoms with van der Waals surface area (Å²) in [5.74, 6) is -0.462. The molecular formula is C20H13ClN4O3S. The summed E-state index contributed by atoms with van der Waals surface area (Å²) in [4.78, 5) is 32.9. The van der Waals surface area contributed by atoms with Gasteiger partial charge in [-0.1, -0.05) is 35.1 Å². The second-order valence-electron chi connectivity index (χ2n) is 6.20. The van der Waals surface area contributed by atoms with Crippen LogP contribution in [0.5, 0.6) is 0 Å². The highest BCUT2D eigenvalue weighted by atomic mass is 35.5. The van der Waals surface area contributed by atoms with Crippen molar-refractivity contribution in [1.29, 1.82) is 0 Å². The Labute approximate surface area is 174 Å². The van der Waals surface area contributed by atoms with E-state index in [9.17, 15) is 14.9 Å². The number of carbonyl (C=O) groups is 1. The van der Waals surface area contributed by atoms with Crippen molar-refractivity contribution in [3.05, 3.63) is 81.0 Å². The van der Waals surface area contributed by atoms with Crippen LogP contribution in [0, 0.1) is 17.0 Å². The molecule has 9 heteroatoms. The third-order valence-electron chi connectivity index (χ3n) is 4.38. The number of fused-ring (bicyclic) bond motifs is 1. The third-order valence-corrected chi connectivity index (χ3v) is 5.72. The van der Waals surface area contributed by atoms with Gasteiger partial charge in [-0.25, -0.2) is 9.97 Å². The number of aromatic nitrogens is 2. The van der Waals surface area contributed by atoms with Crippen LogP contribution in [-0.2, 0) is 0 Å². The predicted octanol–water partition coefficient (Wildman–Crippen LogP) is 5.48. The number of benzene rings is 2. The van der Waals surface area contributed by atoms with Crippen molar-refractivity contribution in [2.45, 2.75) is 6.92 Å². The average molecular weight is 425 g/mol. The molecule has 0 fully saturated rings. The van der Waals surface area contributed by atoms with Crippen LogP contribution in [0.4, 0.5) is 11.4 Å². The van der Waals surface area contributed by atoms with E-state index >= 15 is 0 Å². The van der Waals surface area contributed by atoms with Gasteiger partial charge < -0.3 is 5.32 Å². The second-order valence-corrected chi connectivity index (χ2v) is 7.59. The summed E-state index contributed by atoms with van der Waals surface area (Å²) >= 11 is 7.29. The molecule has 2 heterocycles. The number of thiazole rings is 1. The number of carbonyl (C=O) groups excluding carboxylic acids is 1. The van der Waals surface area contributed by atoms with Gasteiger partial charge in [0.1, 0.15) is 20.4 Å². The highest BCUT2D eigenvalue weighted by Crippen LogP contribution is 2.34. The fourth-order valence-corrected chi connectivity index (χ4v) is 4.05. The number of amides is 1. The number of anilines is 1. The topological polar surface area (TPSA) is 98.0 Å². The molecule has 2 aromatic carbocycles. The SMILES string of the molecule is Cc1c(NC(=O)c2ccc(Cl)c([N+](=O)[O-])c2)cccc1-c1nc2cccnc2s1. The average Bonchev–Trinajstić information content (AvgIpc) is 3.13. The van der Waals surface area contributed by atoms with E-state index < -0.39 is 10.8 Å². The standard InChI is InChI=1S/C20H13ClN4O3S/c1-11-13(19-24-16-6-3-9-22-20(16)29-19)4-2-5-15(11)23-18(26)12-7-8-14(21)17(10-12)25(27)28/h2-10H,1H3,(H,23,26). The zero-order valence-corrected chi connectivity index (χ0v) is 16.6. The minimum absolute atomic E-state index is 0.0193. The number of nitrogens with zero attached hydrogens (tertiary/aromatic N) is 3. The van der Waals surface area contributed by atoms with Gasteiger partial charge in [-0.05, 0) is 42.8 Å². The van der Waals surface area contributed by atoms with Crippen LogP contribution in [0.2, 0.25) is 5.02 Å². The molecule has 0 aliphatic carbocycles. The lowest BCUT2D eigenvalue weighted by molar-refractivity contribution is -0.384. The Kier molecular flexibility index (Phi) is 4.96. The Morgan fingerprint density at radius 1 is 1.21 bits per heavy atom. The van der Waals surface area contributed by atoms with Crippen LogP contribution in [0.3, 0.4) is 0 Å². The summed E-state index contributed by atoms with van der Waals surface area (Å²) in [6.45, 7) is 1.88. The molecule has 0 bridgehead atoms. The molecule has 0 atom stereocenters. The Morgan fingerprint density at radius 3 is 2.79 bits per heavy atom. The fraction of sp³-hybridized carbons (Fsp3) is 0.0500. The molecule has 0 saturated heterocycles. The van der Waals surface area contributed by atoms with Gasteiger partial charge in [0.2, 0.25) is 0 Å². The quantitative estimate of drug-likeness (QED) is 0.345. The molecule has 0 aliphatic rings. The molecule has 0 radical (unpaired) electrons. The Morgan fingerprint density at radius 2 is 2.03 bits per heavy atom. The van der Waals surface area contributed by atoms with E-state index in [-0.39, 0.29) is 16.3 Å². The molecule has 0 unspecified atom stereocenters. The molecule has 2 aromatic heterocycles.